The molecule has 0 bridgehead atoms. The first-order valence-electron chi connectivity index (χ1n) is 10.5. The molecule has 1 saturated heterocycles. The number of rotatable bonds is 9. The maximum atomic E-state index is 13.4. The summed E-state index contributed by atoms with van der Waals surface area (Å²) < 4.78 is 5.44. The number of benzene rings is 2. The minimum absolute atomic E-state index is 0.0650. The second kappa shape index (κ2) is 10.2. The number of phenols is 1. The van der Waals surface area contributed by atoms with Crippen LogP contribution in [-0.2, 0) is 9.59 Å². The molecule has 1 fully saturated rings. The van der Waals surface area contributed by atoms with Crippen LogP contribution in [0.2, 0.25) is 0 Å². The number of Topliss-reactive ketones (excluding diaryl/α,β-unsaturated/α-hetero) is 1. The Morgan fingerprint density at radius 3 is 2.41 bits per heavy atom. The standard InChI is InChI=1S/C25H28N2O5/c1-4-16-32-20-12-8-18(9-13-20)23(29)21-22(17-6-10-19(28)11-7-17)27(25(31)24(21)30)15-5-14-26(2)3/h4,6-13,22,28-29H,1,5,14-16H2,2-3H3. The minimum atomic E-state index is -0.794. The van der Waals surface area contributed by atoms with Crippen LogP contribution in [0.4, 0.5) is 0 Å². The van der Waals surface area contributed by atoms with Crippen LogP contribution >= 0.6 is 0 Å². The lowest BCUT2D eigenvalue weighted by Crippen LogP contribution is -3.05. The van der Waals surface area contributed by atoms with Crippen molar-refractivity contribution in [2.24, 2.45) is 0 Å². The lowest BCUT2D eigenvalue weighted by molar-refractivity contribution is -0.858. The zero-order valence-electron chi connectivity index (χ0n) is 18.3. The predicted molar refractivity (Wildman–Crippen MR) is 119 cm³/mol. The van der Waals surface area contributed by atoms with Crippen molar-refractivity contribution in [2.45, 2.75) is 12.5 Å². The second-order valence-electron chi connectivity index (χ2n) is 8.00. The van der Waals surface area contributed by atoms with Gasteiger partial charge in [0.05, 0.1) is 26.7 Å². The van der Waals surface area contributed by atoms with Crippen LogP contribution in [0.5, 0.6) is 11.5 Å². The molecule has 0 aliphatic carbocycles. The molecule has 1 aliphatic rings. The van der Waals surface area contributed by atoms with Gasteiger partial charge in [-0.2, -0.15) is 0 Å². The van der Waals surface area contributed by atoms with Crippen LogP contribution in [0.25, 0.3) is 5.76 Å². The van der Waals surface area contributed by atoms with Crippen molar-refractivity contribution in [3.63, 3.8) is 0 Å². The number of hydrogen-bond acceptors (Lipinski definition) is 5. The van der Waals surface area contributed by atoms with Crippen LogP contribution in [-0.4, -0.2) is 55.5 Å². The number of quaternary nitrogens is 1. The largest absolute Gasteiger partial charge is 0.872 e. The average molecular weight is 437 g/mol. The van der Waals surface area contributed by atoms with Crippen LogP contribution in [0, 0.1) is 0 Å². The molecule has 2 aromatic carbocycles. The van der Waals surface area contributed by atoms with Gasteiger partial charge in [0.1, 0.15) is 18.1 Å². The van der Waals surface area contributed by atoms with Gasteiger partial charge in [0, 0.05) is 18.5 Å². The van der Waals surface area contributed by atoms with E-state index in [4.69, 9.17) is 4.74 Å². The number of nitrogens with zero attached hydrogens (tertiary/aromatic N) is 1. The van der Waals surface area contributed by atoms with E-state index in [1.54, 1.807) is 42.5 Å². The molecule has 0 saturated carbocycles. The molecule has 32 heavy (non-hydrogen) atoms. The van der Waals surface area contributed by atoms with Crippen molar-refractivity contribution >= 4 is 17.4 Å². The molecule has 1 heterocycles. The number of ether oxygens (including phenoxy) is 1. The van der Waals surface area contributed by atoms with Gasteiger partial charge in [0.2, 0.25) is 5.78 Å². The van der Waals surface area contributed by atoms with E-state index in [1.165, 1.54) is 21.9 Å². The second-order valence-corrected chi connectivity index (χ2v) is 8.00. The number of ketones is 1. The quantitative estimate of drug-likeness (QED) is 0.261. The molecule has 2 N–H and O–H groups in total. The van der Waals surface area contributed by atoms with Crippen molar-refractivity contribution in [2.75, 3.05) is 33.8 Å². The first kappa shape index (κ1) is 23.1. The summed E-state index contributed by atoms with van der Waals surface area (Å²) in [5.41, 5.74) is 0.835. The Morgan fingerprint density at radius 1 is 1.16 bits per heavy atom. The maximum absolute atomic E-state index is 13.4. The molecule has 1 aliphatic heterocycles. The Bertz CT molecular complexity index is 1010. The van der Waals surface area contributed by atoms with Gasteiger partial charge in [0.25, 0.3) is 5.91 Å². The lowest BCUT2D eigenvalue weighted by Gasteiger charge is -2.27. The van der Waals surface area contributed by atoms with E-state index in [0.29, 0.717) is 36.4 Å². The molecule has 0 radical (unpaired) electrons. The van der Waals surface area contributed by atoms with Crippen LogP contribution in [0.15, 0.2) is 66.8 Å². The Morgan fingerprint density at radius 2 is 1.81 bits per heavy atom. The maximum Gasteiger partial charge on any atom is 0.295 e. The van der Waals surface area contributed by atoms with Gasteiger partial charge in [-0.3, -0.25) is 9.59 Å². The summed E-state index contributed by atoms with van der Waals surface area (Å²) in [6, 6.07) is 11.9. The first-order chi connectivity index (χ1) is 15.3. The Kier molecular flexibility index (Phi) is 7.33. The highest BCUT2D eigenvalue weighted by atomic mass is 16.5. The Labute approximate surface area is 187 Å². The average Bonchev–Trinajstić information content (AvgIpc) is 3.03. The van der Waals surface area contributed by atoms with E-state index in [-0.39, 0.29) is 11.3 Å². The third-order valence-electron chi connectivity index (χ3n) is 5.30. The molecule has 3 rings (SSSR count). The molecule has 168 valence electrons. The third kappa shape index (κ3) is 5.00. The number of nitrogens with one attached hydrogen (secondary N) is 1. The topological polar surface area (TPSA) is 94.3 Å². The summed E-state index contributed by atoms with van der Waals surface area (Å²) >= 11 is 0. The van der Waals surface area contributed by atoms with Crippen molar-refractivity contribution in [1.82, 2.24) is 4.90 Å². The fourth-order valence-electron chi connectivity index (χ4n) is 3.72. The van der Waals surface area contributed by atoms with Gasteiger partial charge in [-0.25, -0.2) is 0 Å². The third-order valence-corrected chi connectivity index (χ3v) is 5.30. The fourth-order valence-corrected chi connectivity index (χ4v) is 3.72. The summed E-state index contributed by atoms with van der Waals surface area (Å²) in [5.74, 6) is -1.31. The van der Waals surface area contributed by atoms with Gasteiger partial charge >= 0.3 is 0 Å². The molecule has 7 heteroatoms. The summed E-state index contributed by atoms with van der Waals surface area (Å²) in [7, 11) is 4.02. The highest BCUT2D eigenvalue weighted by molar-refractivity contribution is 6.46. The molecule has 2 aromatic rings. The van der Waals surface area contributed by atoms with Crippen LogP contribution < -0.4 is 14.7 Å². The number of phenolic OH excluding ortho intramolecular Hbond substituents is 1. The van der Waals surface area contributed by atoms with Gasteiger partial charge in [0.15, 0.2) is 0 Å². The number of carbonyl (C=O) groups excluding carboxylic acids is 2. The molecular formula is C25H28N2O5. The lowest BCUT2D eigenvalue weighted by atomic mass is 9.95. The number of aromatic hydroxyl groups is 1. The van der Waals surface area contributed by atoms with Crippen LogP contribution in [0.3, 0.4) is 0 Å². The van der Waals surface area contributed by atoms with E-state index < -0.39 is 23.5 Å². The molecule has 1 atom stereocenters. The van der Waals surface area contributed by atoms with Crippen molar-refractivity contribution in [3.8, 4) is 11.5 Å². The number of hydrogen-bond donors (Lipinski definition) is 2. The van der Waals surface area contributed by atoms with Gasteiger partial charge < -0.3 is 24.7 Å². The van der Waals surface area contributed by atoms with Crippen molar-refractivity contribution in [1.29, 1.82) is 0 Å². The molecule has 0 spiro atoms. The predicted octanol–water partition coefficient (Wildman–Crippen LogP) is 0.716. The highest BCUT2D eigenvalue weighted by Crippen LogP contribution is 2.39. The SMILES string of the molecule is C=CCOc1ccc(C([O-])=C2C(=O)C(=O)N(CCC[NH+](C)C)C2c2ccc(O)cc2)cc1. The number of likely N-dealkylation sites (tertiary alicyclic amines) is 1. The minimum Gasteiger partial charge on any atom is -0.872 e. The van der Waals surface area contributed by atoms with Crippen LogP contribution in [0.1, 0.15) is 23.6 Å². The zero-order chi connectivity index (χ0) is 23.3. The molecular weight excluding hydrogens is 408 g/mol. The normalized spacial score (nSPS) is 17.7. The van der Waals surface area contributed by atoms with E-state index in [0.717, 1.165) is 6.54 Å². The van der Waals surface area contributed by atoms with E-state index in [9.17, 15) is 19.8 Å². The van der Waals surface area contributed by atoms with Gasteiger partial charge in [-0.05, 0) is 35.4 Å². The van der Waals surface area contributed by atoms with Gasteiger partial charge in [-0.15, -0.1) is 0 Å². The van der Waals surface area contributed by atoms with E-state index >= 15 is 0 Å². The Balaban J connectivity index is 2.02. The first-order valence-corrected chi connectivity index (χ1v) is 10.5. The molecule has 1 amide bonds. The number of amides is 1. The van der Waals surface area contributed by atoms with E-state index in [2.05, 4.69) is 6.58 Å². The molecule has 0 aromatic heterocycles. The zero-order valence-corrected chi connectivity index (χ0v) is 18.3. The summed E-state index contributed by atoms with van der Waals surface area (Å²) in [4.78, 5) is 28.5. The monoisotopic (exact) mass is 436 g/mol. The fraction of sp³-hybridized carbons (Fsp3) is 0.280. The molecule has 7 nitrogen and oxygen atoms in total. The summed E-state index contributed by atoms with van der Waals surface area (Å²) in [5, 5.41) is 23.0. The highest BCUT2D eigenvalue weighted by Gasteiger charge is 2.43. The van der Waals surface area contributed by atoms with E-state index in [1.807, 2.05) is 14.1 Å². The van der Waals surface area contributed by atoms with Gasteiger partial charge in [-0.1, -0.05) is 42.7 Å². The Hall–Kier alpha value is -3.58. The smallest absolute Gasteiger partial charge is 0.295 e. The van der Waals surface area contributed by atoms with Crippen molar-refractivity contribution < 1.29 is 29.4 Å². The number of carbonyl (C=O) groups is 2. The summed E-state index contributed by atoms with van der Waals surface area (Å²) in [6.07, 6.45) is 2.30. The summed E-state index contributed by atoms with van der Waals surface area (Å²) in [6.45, 7) is 5.10. The molecule has 1 unspecified atom stereocenters. The van der Waals surface area contributed by atoms with Crippen molar-refractivity contribution in [3.05, 3.63) is 77.9 Å².